The molecule has 0 bridgehead atoms. The van der Waals surface area contributed by atoms with Crippen LogP contribution in [0.4, 0.5) is 4.39 Å². The Morgan fingerprint density at radius 2 is 1.96 bits per heavy atom. The highest BCUT2D eigenvalue weighted by Gasteiger charge is 2.41. The monoisotopic (exact) mass is 695 g/mol. The number of benzene rings is 2. The molecule has 4 heterocycles. The number of carbonyl (C=O) groups excluding carboxylic acids is 1. The van der Waals surface area contributed by atoms with Gasteiger partial charge in [0.1, 0.15) is 22.8 Å². The molecule has 0 unspecified atom stereocenters. The van der Waals surface area contributed by atoms with E-state index in [-0.39, 0.29) is 34.5 Å². The molecule has 10 nitrogen and oxygen atoms in total. The number of halogens is 1. The van der Waals surface area contributed by atoms with Gasteiger partial charge in [0.25, 0.3) is 5.91 Å². The Morgan fingerprint density at radius 1 is 1.17 bits per heavy atom. The minimum absolute atomic E-state index is 0.00791. The highest BCUT2D eigenvalue weighted by molar-refractivity contribution is 7.16. The van der Waals surface area contributed by atoms with Gasteiger partial charge in [-0.05, 0) is 68.0 Å². The Hall–Kier alpha value is -3.20. The number of hydrogen-bond acceptors (Lipinski definition) is 10. The van der Waals surface area contributed by atoms with Crippen molar-refractivity contribution in [2.75, 3.05) is 45.9 Å². The van der Waals surface area contributed by atoms with Crippen LogP contribution in [0.3, 0.4) is 0 Å². The number of aromatic amines is 1. The molecule has 1 saturated carbocycles. The maximum atomic E-state index is 14.7. The molecule has 3 fully saturated rings. The van der Waals surface area contributed by atoms with Crippen LogP contribution in [0.1, 0.15) is 82.7 Å². The molecule has 256 valence electrons. The van der Waals surface area contributed by atoms with E-state index in [1.165, 1.54) is 31.7 Å². The number of phenols is 1. The Balaban J connectivity index is 0.891. The molecular formula is C35H42FN5O5S2. The molecule has 2 aromatic carbocycles. The quantitative estimate of drug-likeness (QED) is 0.172. The van der Waals surface area contributed by atoms with E-state index in [1.54, 1.807) is 29.5 Å². The van der Waals surface area contributed by atoms with E-state index in [4.69, 9.17) is 9.72 Å². The van der Waals surface area contributed by atoms with Crippen molar-refractivity contribution in [3.05, 3.63) is 78.6 Å². The Morgan fingerprint density at radius 3 is 2.77 bits per heavy atom. The van der Waals surface area contributed by atoms with Crippen LogP contribution in [0.5, 0.6) is 5.75 Å². The number of morpholine rings is 1. The molecule has 1 aliphatic carbocycles. The molecule has 1 spiro atoms. The number of rotatable bonds is 10. The molecule has 1 amide bonds. The van der Waals surface area contributed by atoms with Crippen molar-refractivity contribution < 1.29 is 24.1 Å². The number of aliphatic hydroxyl groups excluding tert-OH is 1. The average Bonchev–Trinajstić information content (AvgIpc) is 3.86. The fraction of sp³-hybridized carbons (Fsp3) is 0.514. The van der Waals surface area contributed by atoms with Crippen molar-refractivity contribution in [1.29, 1.82) is 0 Å². The maximum absolute atomic E-state index is 14.7. The standard InChI is InChI=1S/C35H42FN5O5S2/c36-25-16-22(7-10-37-18-29(43)26-5-6-28(42)30-31(26)48-34(45)39-30)15-23(17-25)19-40-11-8-35(9-12-40)21-41(13-14-46-35)33(44)27-20-47-32(38-27)24-3-1-2-4-24/h5-6,15-17,20,24,29,37,42-43H,1-4,7-14,18-19,21H2,(H,39,45)/t29-/m0/s1. The van der Waals surface area contributed by atoms with Gasteiger partial charge in [-0.1, -0.05) is 36.3 Å². The first-order valence-electron chi connectivity index (χ1n) is 16.9. The summed E-state index contributed by atoms with van der Waals surface area (Å²) in [7, 11) is 0. The SMILES string of the molecule is O=C(c1csc(C2CCCC2)n1)N1CCOC2(CCN(Cc3cc(F)cc(CCNC[C@H](O)c4ccc(O)c5[nH]c(=O)sc45)c3)CC2)C1. The van der Waals surface area contributed by atoms with Crippen molar-refractivity contribution in [2.45, 2.75) is 69.1 Å². The summed E-state index contributed by atoms with van der Waals surface area (Å²) in [6, 6.07) is 8.27. The highest BCUT2D eigenvalue weighted by atomic mass is 32.1. The summed E-state index contributed by atoms with van der Waals surface area (Å²) >= 11 is 2.58. The zero-order valence-corrected chi connectivity index (χ0v) is 28.5. The molecule has 13 heteroatoms. The zero-order valence-electron chi connectivity index (χ0n) is 26.9. The normalized spacial score (nSPS) is 19.4. The molecular weight excluding hydrogens is 654 g/mol. The van der Waals surface area contributed by atoms with Gasteiger partial charge < -0.3 is 30.2 Å². The summed E-state index contributed by atoms with van der Waals surface area (Å²) in [5, 5.41) is 27.0. The van der Waals surface area contributed by atoms with Crippen LogP contribution >= 0.6 is 22.7 Å². The molecule has 0 radical (unpaired) electrons. The highest BCUT2D eigenvalue weighted by Crippen LogP contribution is 2.37. The predicted octanol–water partition coefficient (Wildman–Crippen LogP) is 4.92. The molecule has 2 aromatic heterocycles. The van der Waals surface area contributed by atoms with Crippen LogP contribution in [0.25, 0.3) is 10.2 Å². The number of nitrogens with one attached hydrogen (secondary N) is 2. The summed E-state index contributed by atoms with van der Waals surface area (Å²) in [5.41, 5.74) is 2.90. The van der Waals surface area contributed by atoms with Crippen molar-refractivity contribution in [2.24, 2.45) is 0 Å². The molecule has 1 atom stereocenters. The number of nitrogens with zero attached hydrogens (tertiary/aromatic N) is 3. The Labute approximate surface area is 286 Å². The van der Waals surface area contributed by atoms with Gasteiger partial charge in [0.15, 0.2) is 0 Å². The number of fused-ring (bicyclic) bond motifs is 1. The molecule has 48 heavy (non-hydrogen) atoms. The van der Waals surface area contributed by atoms with Crippen LogP contribution in [0, 0.1) is 5.82 Å². The lowest BCUT2D eigenvalue weighted by Crippen LogP contribution is -2.58. The first-order chi connectivity index (χ1) is 23.2. The number of H-pyrrole nitrogens is 1. The number of thiazole rings is 2. The number of carbonyl (C=O) groups is 1. The largest absolute Gasteiger partial charge is 0.506 e. The second-order valence-electron chi connectivity index (χ2n) is 13.4. The summed E-state index contributed by atoms with van der Waals surface area (Å²) < 4.78 is 21.5. The number of aromatic nitrogens is 2. The first kappa shape index (κ1) is 33.3. The Kier molecular flexibility index (Phi) is 9.95. The summed E-state index contributed by atoms with van der Waals surface area (Å²) in [6.45, 7) is 4.70. The lowest BCUT2D eigenvalue weighted by molar-refractivity contribution is -0.128. The van der Waals surface area contributed by atoms with E-state index >= 15 is 0 Å². The van der Waals surface area contributed by atoms with Crippen molar-refractivity contribution in [3.8, 4) is 5.75 Å². The van der Waals surface area contributed by atoms with Crippen LogP contribution in [0.2, 0.25) is 0 Å². The molecule has 2 saturated heterocycles. The topological polar surface area (TPSA) is 131 Å². The van der Waals surface area contributed by atoms with Gasteiger partial charge in [-0.15, -0.1) is 11.3 Å². The third kappa shape index (κ3) is 7.36. The van der Waals surface area contributed by atoms with Gasteiger partial charge in [0, 0.05) is 49.6 Å². The second kappa shape index (κ2) is 14.3. The van der Waals surface area contributed by atoms with E-state index < -0.39 is 6.10 Å². The van der Waals surface area contributed by atoms with Crippen LogP contribution in [-0.4, -0.2) is 87.4 Å². The van der Waals surface area contributed by atoms with E-state index in [0.717, 1.165) is 53.4 Å². The summed E-state index contributed by atoms with van der Waals surface area (Å²) in [4.78, 5) is 36.5. The number of aliphatic hydroxyl groups is 1. The lowest BCUT2D eigenvalue weighted by atomic mass is 9.89. The van der Waals surface area contributed by atoms with Crippen LogP contribution in [0.15, 0.2) is 40.5 Å². The van der Waals surface area contributed by atoms with E-state index in [2.05, 4.69) is 15.2 Å². The molecule has 3 aliphatic rings. The number of amides is 1. The van der Waals surface area contributed by atoms with Gasteiger partial charge in [0.2, 0.25) is 0 Å². The number of hydrogen-bond donors (Lipinski definition) is 4. The van der Waals surface area contributed by atoms with E-state index in [1.807, 2.05) is 16.3 Å². The molecule has 4 N–H and O–H groups in total. The number of phenolic OH excluding ortho intramolecular Hbond substituents is 1. The fourth-order valence-corrected chi connectivity index (χ4v) is 9.33. The maximum Gasteiger partial charge on any atom is 0.305 e. The minimum atomic E-state index is -0.870. The number of ether oxygens (including phenoxy) is 1. The third-order valence-corrected chi connectivity index (χ3v) is 12.0. The summed E-state index contributed by atoms with van der Waals surface area (Å²) in [5.74, 6) is 0.215. The molecule has 7 rings (SSSR count). The van der Waals surface area contributed by atoms with Gasteiger partial charge in [-0.25, -0.2) is 9.37 Å². The van der Waals surface area contributed by atoms with Crippen molar-refractivity contribution in [3.63, 3.8) is 0 Å². The van der Waals surface area contributed by atoms with Crippen molar-refractivity contribution >= 4 is 38.8 Å². The fourth-order valence-electron chi connectivity index (χ4n) is 7.44. The number of likely N-dealkylation sites (tertiary alicyclic amines) is 1. The second-order valence-corrected chi connectivity index (χ2v) is 15.3. The minimum Gasteiger partial charge on any atom is -0.506 e. The summed E-state index contributed by atoms with van der Waals surface area (Å²) in [6.07, 6.45) is 6.17. The Bertz CT molecular complexity index is 1810. The van der Waals surface area contributed by atoms with E-state index in [9.17, 15) is 24.2 Å². The van der Waals surface area contributed by atoms with Gasteiger partial charge in [-0.2, -0.15) is 0 Å². The third-order valence-electron chi connectivity index (χ3n) is 10.0. The zero-order chi connectivity index (χ0) is 33.3. The average molecular weight is 696 g/mol. The number of piperidine rings is 1. The first-order valence-corrected chi connectivity index (χ1v) is 18.6. The van der Waals surface area contributed by atoms with Gasteiger partial charge in [0.05, 0.1) is 34.6 Å². The van der Waals surface area contributed by atoms with Crippen molar-refractivity contribution in [1.82, 2.24) is 25.1 Å². The van der Waals surface area contributed by atoms with Crippen LogP contribution < -0.4 is 10.2 Å². The van der Waals surface area contributed by atoms with Gasteiger partial charge in [-0.3, -0.25) is 14.5 Å². The predicted molar refractivity (Wildman–Crippen MR) is 184 cm³/mol. The van der Waals surface area contributed by atoms with E-state index in [0.29, 0.717) is 66.6 Å². The smallest absolute Gasteiger partial charge is 0.305 e. The lowest BCUT2D eigenvalue weighted by Gasteiger charge is -2.47. The number of aromatic hydroxyl groups is 1. The van der Waals surface area contributed by atoms with Crippen LogP contribution in [-0.2, 0) is 17.7 Å². The van der Waals surface area contributed by atoms with Gasteiger partial charge >= 0.3 is 4.87 Å². The molecule has 2 aliphatic heterocycles. The molecule has 4 aromatic rings.